The number of benzene rings is 1. The highest BCUT2D eigenvalue weighted by Crippen LogP contribution is 2.50. The fraction of sp³-hybridized carbons (Fsp3) is 0.571. The zero-order chi connectivity index (χ0) is 20.8. The third-order valence-corrected chi connectivity index (χ3v) is 8.30. The highest BCUT2D eigenvalue weighted by atomic mass is 32.2. The van der Waals surface area contributed by atoms with Crippen LogP contribution < -0.4 is 0 Å². The van der Waals surface area contributed by atoms with E-state index in [4.69, 9.17) is 0 Å². The normalized spacial score (nSPS) is 25.1. The van der Waals surface area contributed by atoms with Crippen LogP contribution >= 0.6 is 0 Å². The summed E-state index contributed by atoms with van der Waals surface area (Å²) in [5.41, 5.74) is 0.248. The van der Waals surface area contributed by atoms with Crippen LogP contribution in [0.5, 0.6) is 0 Å². The van der Waals surface area contributed by atoms with Crippen LogP contribution in [0.4, 0.5) is 0 Å². The van der Waals surface area contributed by atoms with Gasteiger partial charge < -0.3 is 0 Å². The number of nitrogens with zero attached hydrogens (tertiary/aromatic N) is 1. The molecule has 154 valence electrons. The molecule has 6 nitrogen and oxygen atoms in total. The number of hydrogen-bond acceptors (Lipinski definition) is 5. The minimum absolute atomic E-state index is 0.0538. The largest absolute Gasteiger partial charge is 0.333 e. The molecule has 3 atom stereocenters. The highest BCUT2D eigenvalue weighted by molar-refractivity contribution is 7.92. The number of allylic oxidation sites excluding steroid dienone is 1. The second kappa shape index (κ2) is 9.45. The maximum Gasteiger partial charge on any atom is 0.333 e. The third kappa shape index (κ3) is 3.77. The number of unbranched alkanes of at least 4 members (excludes halogenated alkanes) is 2. The average Bonchev–Trinajstić information content (AvgIpc) is 2.70. The van der Waals surface area contributed by atoms with Crippen LogP contribution in [0.15, 0.2) is 46.9 Å². The molecule has 1 aliphatic rings. The van der Waals surface area contributed by atoms with Gasteiger partial charge >= 0.3 is 4.87 Å². The fourth-order valence-corrected chi connectivity index (χ4v) is 6.74. The molecule has 0 bridgehead atoms. The Bertz CT molecular complexity index is 818. The van der Waals surface area contributed by atoms with Crippen molar-refractivity contribution in [1.29, 1.82) is 0 Å². The smallest absolute Gasteiger partial charge is 0.298 e. The summed E-state index contributed by atoms with van der Waals surface area (Å²) in [6, 6.07) is 7.64. The van der Waals surface area contributed by atoms with Crippen LogP contribution in [0.3, 0.4) is 0 Å². The first kappa shape index (κ1) is 22.3. The molecular formula is C21H29NO5S. The van der Waals surface area contributed by atoms with E-state index >= 15 is 0 Å². The molecule has 1 aromatic rings. The van der Waals surface area contributed by atoms with Crippen LogP contribution in [0.25, 0.3) is 0 Å². The van der Waals surface area contributed by atoms with E-state index in [-0.39, 0.29) is 16.9 Å². The number of rotatable bonds is 10. The molecule has 0 saturated heterocycles. The number of hydrogen-bond donors (Lipinski definition) is 0. The predicted molar refractivity (Wildman–Crippen MR) is 108 cm³/mol. The molecule has 0 spiro atoms. The van der Waals surface area contributed by atoms with Crippen molar-refractivity contribution in [2.75, 3.05) is 0 Å². The maximum atomic E-state index is 13.8. The maximum absolute atomic E-state index is 13.8. The number of carbonyl (C=O) groups excluding carboxylic acids is 1. The number of carbonyl (C=O) groups is 1. The van der Waals surface area contributed by atoms with Crippen LogP contribution in [0.2, 0.25) is 0 Å². The molecule has 1 aliphatic carbocycles. The zero-order valence-electron chi connectivity index (χ0n) is 16.5. The Balaban J connectivity index is 2.78. The molecule has 0 radical (unpaired) electrons. The Morgan fingerprint density at radius 1 is 1.14 bits per heavy atom. The summed E-state index contributed by atoms with van der Waals surface area (Å²) >= 11 is 0. The van der Waals surface area contributed by atoms with Crippen LogP contribution in [-0.2, 0) is 14.6 Å². The molecule has 28 heavy (non-hydrogen) atoms. The summed E-state index contributed by atoms with van der Waals surface area (Å²) in [7, 11) is -4.32. The van der Waals surface area contributed by atoms with Gasteiger partial charge in [0.2, 0.25) is 0 Å². The van der Waals surface area contributed by atoms with E-state index in [1.165, 1.54) is 12.1 Å². The quantitative estimate of drug-likeness (QED) is 0.321. The lowest BCUT2D eigenvalue weighted by Crippen LogP contribution is -2.59. The van der Waals surface area contributed by atoms with E-state index in [9.17, 15) is 23.3 Å². The molecule has 0 amide bonds. The van der Waals surface area contributed by atoms with Gasteiger partial charge in [0.05, 0.1) is 10.8 Å². The molecule has 7 heteroatoms. The third-order valence-electron chi connectivity index (χ3n) is 5.78. The fourth-order valence-electron chi connectivity index (χ4n) is 4.37. The van der Waals surface area contributed by atoms with E-state index in [0.717, 1.165) is 12.8 Å². The lowest BCUT2D eigenvalue weighted by Gasteiger charge is -2.41. The predicted octanol–water partition coefficient (Wildman–Crippen LogP) is 4.58. The van der Waals surface area contributed by atoms with Crippen LogP contribution in [0.1, 0.15) is 58.8 Å². The van der Waals surface area contributed by atoms with Gasteiger partial charge in [-0.25, -0.2) is 8.42 Å². The topological polar surface area (TPSA) is 94.3 Å². The molecule has 0 saturated carbocycles. The first-order chi connectivity index (χ1) is 13.4. The minimum atomic E-state index is -4.32. The van der Waals surface area contributed by atoms with E-state index in [1.807, 2.05) is 13.8 Å². The average molecular weight is 408 g/mol. The van der Waals surface area contributed by atoms with Gasteiger partial charge in [0, 0.05) is 10.8 Å². The van der Waals surface area contributed by atoms with E-state index in [0.29, 0.717) is 32.0 Å². The van der Waals surface area contributed by atoms with Gasteiger partial charge in [-0.2, -0.15) is 0 Å². The molecule has 0 aromatic heterocycles. The number of sulfone groups is 1. The van der Waals surface area contributed by atoms with Crippen LogP contribution in [0, 0.1) is 22.0 Å². The van der Waals surface area contributed by atoms with Gasteiger partial charge in [-0.05, 0) is 37.0 Å². The Hall–Kier alpha value is -2.02. The van der Waals surface area contributed by atoms with Crippen LogP contribution in [-0.4, -0.2) is 24.5 Å². The van der Waals surface area contributed by atoms with Gasteiger partial charge in [-0.3, -0.25) is 14.9 Å². The standard InChI is InChI=1S/C21H29NO5S/c1-3-5-10-18-15-14-17(16-23)20(13-6-4-2)21(18,22(24)25)28(26,27)19-11-8-7-9-12-19/h7-9,11-12,14,16,18,20H,3-6,10,13,15H2,1-2H3/t18-,20-,21+/m1/s1. The van der Waals surface area contributed by atoms with Gasteiger partial charge in [-0.1, -0.05) is 63.8 Å². The van der Waals surface area contributed by atoms with Gasteiger partial charge in [0.25, 0.3) is 9.84 Å². The van der Waals surface area contributed by atoms with Crippen molar-refractivity contribution in [3.05, 3.63) is 52.1 Å². The molecule has 2 rings (SSSR count). The summed E-state index contributed by atoms with van der Waals surface area (Å²) in [4.78, 5) is 21.5. The molecular weight excluding hydrogens is 378 g/mol. The minimum Gasteiger partial charge on any atom is -0.298 e. The van der Waals surface area contributed by atoms with E-state index < -0.39 is 31.5 Å². The summed E-state index contributed by atoms with van der Waals surface area (Å²) in [6.45, 7) is 3.92. The number of aldehydes is 1. The van der Waals surface area contributed by atoms with Crippen molar-refractivity contribution in [2.45, 2.75) is 68.6 Å². The van der Waals surface area contributed by atoms with Gasteiger partial charge in [0.15, 0.2) is 0 Å². The van der Waals surface area contributed by atoms with Crippen molar-refractivity contribution >= 4 is 16.1 Å². The molecule has 0 heterocycles. The SMILES string of the molecule is CCCC[C@@H]1CC=C(C=O)[C@@H](CCCC)[C@@]1([N+](=O)[O-])S(=O)(=O)c1ccccc1. The first-order valence-electron chi connectivity index (χ1n) is 9.97. The van der Waals surface area contributed by atoms with Gasteiger partial charge in [-0.15, -0.1) is 0 Å². The van der Waals surface area contributed by atoms with Crippen molar-refractivity contribution in [3.8, 4) is 0 Å². The summed E-state index contributed by atoms with van der Waals surface area (Å²) in [5, 5.41) is 12.6. The summed E-state index contributed by atoms with van der Waals surface area (Å²) < 4.78 is 27.5. The van der Waals surface area contributed by atoms with Crippen molar-refractivity contribution in [3.63, 3.8) is 0 Å². The second-order valence-electron chi connectivity index (χ2n) is 7.42. The Labute approximate surface area is 167 Å². The lowest BCUT2D eigenvalue weighted by atomic mass is 9.72. The Morgan fingerprint density at radius 2 is 1.75 bits per heavy atom. The monoisotopic (exact) mass is 407 g/mol. The Morgan fingerprint density at radius 3 is 2.29 bits per heavy atom. The van der Waals surface area contributed by atoms with Crippen molar-refractivity contribution in [1.82, 2.24) is 0 Å². The lowest BCUT2D eigenvalue weighted by molar-refractivity contribution is -0.561. The molecule has 0 N–H and O–H groups in total. The zero-order valence-corrected chi connectivity index (χ0v) is 17.4. The molecule has 1 aromatic carbocycles. The van der Waals surface area contributed by atoms with Crippen molar-refractivity contribution in [2.24, 2.45) is 11.8 Å². The van der Waals surface area contributed by atoms with E-state index in [1.54, 1.807) is 24.3 Å². The molecule has 0 aliphatic heterocycles. The second-order valence-corrected chi connectivity index (χ2v) is 9.55. The summed E-state index contributed by atoms with van der Waals surface area (Å²) in [6.07, 6.45) is 6.20. The first-order valence-corrected chi connectivity index (χ1v) is 11.5. The van der Waals surface area contributed by atoms with Gasteiger partial charge in [0.1, 0.15) is 6.29 Å². The highest BCUT2D eigenvalue weighted by Gasteiger charge is 2.67. The molecule has 0 fully saturated rings. The van der Waals surface area contributed by atoms with Crippen molar-refractivity contribution < 1.29 is 18.1 Å². The Kier molecular flexibility index (Phi) is 7.52. The number of nitro groups is 1. The molecule has 0 unspecified atom stereocenters. The van der Waals surface area contributed by atoms with E-state index in [2.05, 4.69) is 0 Å². The summed E-state index contributed by atoms with van der Waals surface area (Å²) in [5.74, 6) is -1.61.